The molecule has 0 spiro atoms. The fourth-order valence-corrected chi connectivity index (χ4v) is 4.64. The van der Waals surface area contributed by atoms with E-state index < -0.39 is 0 Å². The van der Waals surface area contributed by atoms with Crippen molar-refractivity contribution in [3.63, 3.8) is 0 Å². The molecule has 5 heteroatoms. The number of carbonyl (C=O) groups is 1. The third-order valence-corrected chi connectivity index (χ3v) is 6.29. The lowest BCUT2D eigenvalue weighted by atomic mass is 10.1. The lowest BCUT2D eigenvalue weighted by Gasteiger charge is -2.34. The zero-order chi connectivity index (χ0) is 17.8. The van der Waals surface area contributed by atoms with E-state index in [1.165, 1.54) is 40.8 Å². The van der Waals surface area contributed by atoms with Gasteiger partial charge in [-0.15, -0.1) is 11.8 Å². The Morgan fingerprint density at radius 1 is 1.00 bits per heavy atom. The monoisotopic (exact) mass is 367 g/mol. The molecule has 1 aromatic heterocycles. The van der Waals surface area contributed by atoms with Crippen LogP contribution in [0.5, 0.6) is 0 Å². The van der Waals surface area contributed by atoms with Crippen LogP contribution in [0.15, 0.2) is 47.6 Å². The Kier molecular flexibility index (Phi) is 5.56. The van der Waals surface area contributed by atoms with Crippen molar-refractivity contribution in [2.45, 2.75) is 30.7 Å². The number of pyridine rings is 1. The predicted octanol–water partition coefficient (Wildman–Crippen LogP) is 3.01. The van der Waals surface area contributed by atoms with Crippen LogP contribution in [0.4, 0.5) is 0 Å². The first-order valence-corrected chi connectivity index (χ1v) is 10.4. The second-order valence-corrected chi connectivity index (χ2v) is 8.13. The lowest BCUT2D eigenvalue weighted by Crippen LogP contribution is -2.48. The van der Waals surface area contributed by atoms with Gasteiger partial charge in [0.15, 0.2) is 0 Å². The molecule has 0 N–H and O–H groups in total. The highest BCUT2D eigenvalue weighted by atomic mass is 32.2. The minimum atomic E-state index is 0.263. The van der Waals surface area contributed by atoms with Gasteiger partial charge < -0.3 is 4.90 Å². The van der Waals surface area contributed by atoms with Crippen molar-refractivity contribution in [2.75, 3.05) is 31.9 Å². The van der Waals surface area contributed by atoms with Gasteiger partial charge in [-0.2, -0.15) is 0 Å². The molecule has 4 rings (SSSR count). The molecule has 1 aliphatic heterocycles. The minimum absolute atomic E-state index is 0.263. The summed E-state index contributed by atoms with van der Waals surface area (Å²) in [4.78, 5) is 22.3. The van der Waals surface area contributed by atoms with Crippen molar-refractivity contribution in [2.24, 2.45) is 0 Å². The molecule has 136 valence electrons. The van der Waals surface area contributed by atoms with E-state index in [-0.39, 0.29) is 5.91 Å². The molecule has 1 fully saturated rings. The van der Waals surface area contributed by atoms with Crippen LogP contribution >= 0.6 is 11.8 Å². The number of amides is 1. The molecule has 2 aliphatic rings. The molecule has 0 bridgehead atoms. The highest BCUT2D eigenvalue weighted by Crippen LogP contribution is 2.27. The van der Waals surface area contributed by atoms with Crippen LogP contribution in [-0.4, -0.2) is 52.6 Å². The zero-order valence-corrected chi connectivity index (χ0v) is 15.9. The summed E-state index contributed by atoms with van der Waals surface area (Å²) in [6.07, 6.45) is 7.35. The number of thioether (sulfide) groups is 1. The maximum Gasteiger partial charge on any atom is 0.233 e. The Balaban J connectivity index is 1.23. The third-order valence-electron chi connectivity index (χ3n) is 5.31. The largest absolute Gasteiger partial charge is 0.339 e. The topological polar surface area (TPSA) is 36.4 Å². The number of aromatic nitrogens is 1. The van der Waals surface area contributed by atoms with E-state index in [0.717, 1.165) is 32.7 Å². The molecule has 0 atom stereocenters. The van der Waals surface area contributed by atoms with Gasteiger partial charge in [0, 0.05) is 50.0 Å². The molecule has 0 radical (unpaired) electrons. The van der Waals surface area contributed by atoms with Crippen molar-refractivity contribution in [1.82, 2.24) is 14.8 Å². The number of benzene rings is 1. The number of fused-ring (bicyclic) bond motifs is 1. The molecule has 4 nitrogen and oxygen atoms in total. The summed E-state index contributed by atoms with van der Waals surface area (Å²) < 4.78 is 0. The lowest BCUT2D eigenvalue weighted by molar-refractivity contribution is -0.130. The molecular weight excluding hydrogens is 342 g/mol. The van der Waals surface area contributed by atoms with Gasteiger partial charge in [-0.3, -0.25) is 14.7 Å². The average Bonchev–Trinajstić information content (AvgIpc) is 3.15. The summed E-state index contributed by atoms with van der Waals surface area (Å²) in [7, 11) is 0. The maximum atomic E-state index is 12.5. The molecule has 1 saturated heterocycles. The van der Waals surface area contributed by atoms with Crippen molar-refractivity contribution < 1.29 is 4.79 Å². The van der Waals surface area contributed by atoms with Crippen LogP contribution in [0.2, 0.25) is 0 Å². The summed E-state index contributed by atoms with van der Waals surface area (Å²) in [6.45, 7) is 4.48. The standard InChI is InChI=1S/C21H25N3OS/c25-21(16-26-20-5-4-18-2-1-3-19(18)14-20)24-12-10-23(11-13-24)15-17-6-8-22-9-7-17/h4-9,14H,1-3,10-13,15-16H2. The first kappa shape index (κ1) is 17.6. The fourth-order valence-electron chi connectivity index (χ4n) is 3.78. The van der Waals surface area contributed by atoms with Gasteiger partial charge in [-0.05, 0) is 60.2 Å². The minimum Gasteiger partial charge on any atom is -0.339 e. The average molecular weight is 368 g/mol. The number of hydrogen-bond acceptors (Lipinski definition) is 4. The second-order valence-electron chi connectivity index (χ2n) is 7.09. The van der Waals surface area contributed by atoms with E-state index in [1.54, 1.807) is 11.8 Å². The molecule has 1 aromatic carbocycles. The van der Waals surface area contributed by atoms with E-state index >= 15 is 0 Å². The number of hydrogen-bond donors (Lipinski definition) is 0. The Morgan fingerprint density at radius 3 is 2.58 bits per heavy atom. The molecule has 2 aromatic rings. The normalized spacial score (nSPS) is 17.3. The van der Waals surface area contributed by atoms with Crippen LogP contribution < -0.4 is 0 Å². The molecule has 0 saturated carbocycles. The third kappa shape index (κ3) is 4.27. The smallest absolute Gasteiger partial charge is 0.233 e. The molecule has 1 aliphatic carbocycles. The predicted molar refractivity (Wildman–Crippen MR) is 105 cm³/mol. The molecule has 2 heterocycles. The van der Waals surface area contributed by atoms with Crippen LogP contribution in [0.1, 0.15) is 23.1 Å². The number of rotatable bonds is 5. The number of nitrogens with zero attached hydrogens (tertiary/aromatic N) is 3. The van der Waals surface area contributed by atoms with Crippen LogP contribution in [0.3, 0.4) is 0 Å². The summed E-state index contributed by atoms with van der Waals surface area (Å²) in [5.74, 6) is 0.808. The zero-order valence-electron chi connectivity index (χ0n) is 15.1. The van der Waals surface area contributed by atoms with Gasteiger partial charge in [0.2, 0.25) is 5.91 Å². The first-order chi connectivity index (χ1) is 12.8. The summed E-state index contributed by atoms with van der Waals surface area (Å²) >= 11 is 1.68. The van der Waals surface area contributed by atoms with E-state index in [0.29, 0.717) is 5.75 Å². The quantitative estimate of drug-likeness (QED) is 0.761. The SMILES string of the molecule is O=C(CSc1ccc2c(c1)CCC2)N1CCN(Cc2ccncc2)CC1. The molecule has 0 unspecified atom stereocenters. The van der Waals surface area contributed by atoms with Crippen molar-refractivity contribution in [3.8, 4) is 0 Å². The van der Waals surface area contributed by atoms with Crippen molar-refractivity contribution in [1.29, 1.82) is 0 Å². The summed E-state index contributed by atoms with van der Waals surface area (Å²) in [5.41, 5.74) is 4.25. The fraction of sp³-hybridized carbons (Fsp3) is 0.429. The van der Waals surface area contributed by atoms with E-state index in [9.17, 15) is 4.79 Å². The second kappa shape index (κ2) is 8.23. The van der Waals surface area contributed by atoms with Gasteiger partial charge in [0.05, 0.1) is 5.75 Å². The van der Waals surface area contributed by atoms with Crippen LogP contribution in [0.25, 0.3) is 0 Å². The Hall–Kier alpha value is -1.85. The molecule has 1 amide bonds. The Bertz CT molecular complexity index is 757. The molecule has 26 heavy (non-hydrogen) atoms. The van der Waals surface area contributed by atoms with E-state index in [4.69, 9.17) is 0 Å². The van der Waals surface area contributed by atoms with E-state index in [2.05, 4.69) is 40.2 Å². The molecular formula is C21H25N3OS. The maximum absolute atomic E-state index is 12.5. The highest BCUT2D eigenvalue weighted by Gasteiger charge is 2.21. The highest BCUT2D eigenvalue weighted by molar-refractivity contribution is 8.00. The van der Waals surface area contributed by atoms with Gasteiger partial charge in [-0.25, -0.2) is 0 Å². The summed E-state index contributed by atoms with van der Waals surface area (Å²) in [5, 5.41) is 0. The number of aryl methyl sites for hydroxylation is 2. The van der Waals surface area contributed by atoms with E-state index in [1.807, 2.05) is 17.3 Å². The number of carbonyl (C=O) groups excluding carboxylic acids is 1. The van der Waals surface area contributed by atoms with Gasteiger partial charge in [0.1, 0.15) is 0 Å². The Labute approximate surface area is 159 Å². The first-order valence-electron chi connectivity index (χ1n) is 9.41. The van der Waals surface area contributed by atoms with Crippen LogP contribution in [0, 0.1) is 0 Å². The number of piperazine rings is 1. The van der Waals surface area contributed by atoms with Gasteiger partial charge in [0.25, 0.3) is 0 Å². The Morgan fingerprint density at radius 2 is 1.77 bits per heavy atom. The van der Waals surface area contributed by atoms with Crippen LogP contribution in [-0.2, 0) is 24.2 Å². The van der Waals surface area contributed by atoms with Crippen molar-refractivity contribution in [3.05, 3.63) is 59.4 Å². The van der Waals surface area contributed by atoms with Gasteiger partial charge >= 0.3 is 0 Å². The van der Waals surface area contributed by atoms with Crippen molar-refractivity contribution >= 4 is 17.7 Å². The van der Waals surface area contributed by atoms with Gasteiger partial charge in [-0.1, -0.05) is 6.07 Å². The summed E-state index contributed by atoms with van der Waals surface area (Å²) in [6, 6.07) is 10.8.